The molecule has 14 heavy (non-hydrogen) atoms. The smallest absolute Gasteiger partial charge is 0.254 e. The van der Waals surface area contributed by atoms with Gasteiger partial charge in [-0.2, -0.15) is 0 Å². The van der Waals surface area contributed by atoms with E-state index in [1.165, 1.54) is 18.2 Å². The molecule has 74 valence electrons. The molecule has 1 unspecified atom stereocenters. The van der Waals surface area contributed by atoms with Crippen molar-refractivity contribution in [1.82, 2.24) is 0 Å². The molecule has 0 aliphatic heterocycles. The van der Waals surface area contributed by atoms with E-state index in [1.807, 2.05) is 0 Å². The van der Waals surface area contributed by atoms with Crippen LogP contribution in [0.25, 0.3) is 0 Å². The van der Waals surface area contributed by atoms with Gasteiger partial charge in [-0.1, -0.05) is 6.07 Å². The standard InChI is InChI=1S/C10H10FNO2/c11-7-1-2-8-6(5-7)3-4-10(8,14)9(12)13/h1-2,5,14H,3-4H2,(H2,12,13). The maximum Gasteiger partial charge on any atom is 0.254 e. The summed E-state index contributed by atoms with van der Waals surface area (Å²) in [5, 5.41) is 9.91. The van der Waals surface area contributed by atoms with Gasteiger partial charge in [-0.3, -0.25) is 4.79 Å². The van der Waals surface area contributed by atoms with Crippen LogP contribution >= 0.6 is 0 Å². The zero-order chi connectivity index (χ0) is 10.3. The molecule has 1 aromatic carbocycles. The van der Waals surface area contributed by atoms with E-state index in [2.05, 4.69) is 0 Å². The molecule has 0 radical (unpaired) electrons. The molecule has 0 fully saturated rings. The fourth-order valence-electron chi connectivity index (χ4n) is 1.88. The Bertz CT molecular complexity index is 405. The Hall–Kier alpha value is -1.42. The highest BCUT2D eigenvalue weighted by Crippen LogP contribution is 2.36. The number of amides is 1. The third kappa shape index (κ3) is 1.11. The summed E-state index contributed by atoms with van der Waals surface area (Å²) in [6.45, 7) is 0. The Morgan fingerprint density at radius 2 is 2.29 bits per heavy atom. The number of carbonyl (C=O) groups excluding carboxylic acids is 1. The summed E-state index contributed by atoms with van der Waals surface area (Å²) in [6.07, 6.45) is 0.716. The molecule has 1 aromatic rings. The van der Waals surface area contributed by atoms with E-state index in [4.69, 9.17) is 5.73 Å². The first-order valence-corrected chi connectivity index (χ1v) is 4.35. The Labute approximate surface area is 80.3 Å². The Morgan fingerprint density at radius 1 is 1.57 bits per heavy atom. The fraction of sp³-hybridized carbons (Fsp3) is 0.300. The molecule has 3 nitrogen and oxygen atoms in total. The summed E-state index contributed by atoms with van der Waals surface area (Å²) in [4.78, 5) is 11.0. The SMILES string of the molecule is NC(=O)C1(O)CCc2cc(F)ccc21. The van der Waals surface area contributed by atoms with Crippen LogP contribution in [0.4, 0.5) is 4.39 Å². The zero-order valence-corrected chi connectivity index (χ0v) is 7.46. The lowest BCUT2D eigenvalue weighted by Crippen LogP contribution is -2.39. The minimum absolute atomic E-state index is 0.237. The minimum Gasteiger partial charge on any atom is -0.375 e. The van der Waals surface area contributed by atoms with Gasteiger partial charge in [0.05, 0.1) is 0 Å². The van der Waals surface area contributed by atoms with Crippen LogP contribution in [0, 0.1) is 5.82 Å². The molecule has 0 spiro atoms. The second-order valence-electron chi connectivity index (χ2n) is 3.53. The average molecular weight is 195 g/mol. The van der Waals surface area contributed by atoms with Gasteiger partial charge < -0.3 is 10.8 Å². The summed E-state index contributed by atoms with van der Waals surface area (Å²) in [5.41, 5.74) is 4.59. The normalized spacial score (nSPS) is 24.7. The van der Waals surface area contributed by atoms with Gasteiger partial charge in [0.1, 0.15) is 5.82 Å². The highest BCUT2D eigenvalue weighted by molar-refractivity contribution is 5.86. The molecule has 0 aromatic heterocycles. The highest BCUT2D eigenvalue weighted by atomic mass is 19.1. The minimum atomic E-state index is -1.61. The van der Waals surface area contributed by atoms with Gasteiger partial charge >= 0.3 is 0 Å². The predicted molar refractivity (Wildman–Crippen MR) is 47.8 cm³/mol. The molecule has 1 aliphatic carbocycles. The van der Waals surface area contributed by atoms with Crippen LogP contribution < -0.4 is 5.73 Å². The van der Waals surface area contributed by atoms with Crippen molar-refractivity contribution < 1.29 is 14.3 Å². The molecule has 1 aliphatic rings. The summed E-state index contributed by atoms with van der Waals surface area (Å²) >= 11 is 0. The maximum absolute atomic E-state index is 12.8. The van der Waals surface area contributed by atoms with Gasteiger partial charge in [0.15, 0.2) is 5.60 Å². The van der Waals surface area contributed by atoms with Gasteiger partial charge in [0, 0.05) is 0 Å². The van der Waals surface area contributed by atoms with Crippen molar-refractivity contribution in [2.75, 3.05) is 0 Å². The molecule has 4 heteroatoms. The number of aliphatic hydroxyl groups is 1. The van der Waals surface area contributed by atoms with Crippen molar-refractivity contribution in [2.24, 2.45) is 5.73 Å². The molecule has 2 rings (SSSR count). The molecular weight excluding hydrogens is 185 g/mol. The largest absolute Gasteiger partial charge is 0.375 e. The summed E-state index contributed by atoms with van der Waals surface area (Å²) in [7, 11) is 0. The summed E-state index contributed by atoms with van der Waals surface area (Å²) in [5.74, 6) is -1.14. The van der Waals surface area contributed by atoms with Crippen molar-refractivity contribution in [1.29, 1.82) is 0 Å². The van der Waals surface area contributed by atoms with Crippen LogP contribution in [0.1, 0.15) is 17.5 Å². The van der Waals surface area contributed by atoms with E-state index in [1.54, 1.807) is 0 Å². The lowest BCUT2D eigenvalue weighted by atomic mass is 9.95. The van der Waals surface area contributed by atoms with E-state index in [0.29, 0.717) is 17.5 Å². The zero-order valence-electron chi connectivity index (χ0n) is 7.46. The quantitative estimate of drug-likeness (QED) is 0.683. The fourth-order valence-corrected chi connectivity index (χ4v) is 1.88. The molecular formula is C10H10FNO2. The third-order valence-electron chi connectivity index (χ3n) is 2.68. The number of benzene rings is 1. The van der Waals surface area contributed by atoms with Crippen LogP contribution in [-0.2, 0) is 16.8 Å². The average Bonchev–Trinajstić information content (AvgIpc) is 2.45. The van der Waals surface area contributed by atoms with Crippen molar-refractivity contribution in [2.45, 2.75) is 18.4 Å². The second-order valence-corrected chi connectivity index (χ2v) is 3.53. The van der Waals surface area contributed by atoms with Gasteiger partial charge in [-0.15, -0.1) is 0 Å². The number of halogens is 1. The maximum atomic E-state index is 12.8. The molecule has 0 saturated carbocycles. The molecule has 0 saturated heterocycles. The van der Waals surface area contributed by atoms with E-state index in [0.717, 1.165) is 0 Å². The monoisotopic (exact) mass is 195 g/mol. The molecule has 1 atom stereocenters. The number of primary amides is 1. The van der Waals surface area contributed by atoms with Gasteiger partial charge in [-0.25, -0.2) is 4.39 Å². The Morgan fingerprint density at radius 3 is 2.93 bits per heavy atom. The Kier molecular flexibility index (Phi) is 1.82. The van der Waals surface area contributed by atoms with Gasteiger partial charge in [0.2, 0.25) is 0 Å². The summed E-state index contributed by atoms with van der Waals surface area (Å²) in [6, 6.07) is 3.97. The lowest BCUT2D eigenvalue weighted by Gasteiger charge is -2.19. The van der Waals surface area contributed by atoms with Crippen molar-refractivity contribution in [3.63, 3.8) is 0 Å². The predicted octanol–water partition coefficient (Wildman–Crippen LogP) is 0.445. The third-order valence-corrected chi connectivity index (χ3v) is 2.68. The molecule has 0 bridgehead atoms. The van der Waals surface area contributed by atoms with Crippen LogP contribution in [0.2, 0.25) is 0 Å². The second kappa shape index (κ2) is 2.78. The number of carbonyl (C=O) groups is 1. The van der Waals surface area contributed by atoms with Crippen LogP contribution in [0.3, 0.4) is 0 Å². The number of aryl methyl sites for hydroxylation is 1. The number of hydrogen-bond acceptors (Lipinski definition) is 2. The Balaban J connectivity index is 2.55. The van der Waals surface area contributed by atoms with Crippen molar-refractivity contribution in [3.05, 3.63) is 35.1 Å². The highest BCUT2D eigenvalue weighted by Gasteiger charge is 2.41. The topological polar surface area (TPSA) is 63.3 Å². The summed E-state index contributed by atoms with van der Waals surface area (Å²) < 4.78 is 12.8. The van der Waals surface area contributed by atoms with E-state index in [-0.39, 0.29) is 12.2 Å². The van der Waals surface area contributed by atoms with E-state index >= 15 is 0 Å². The van der Waals surface area contributed by atoms with Gasteiger partial charge in [-0.05, 0) is 36.1 Å². The first-order chi connectivity index (χ1) is 6.54. The van der Waals surface area contributed by atoms with Gasteiger partial charge in [0.25, 0.3) is 5.91 Å². The van der Waals surface area contributed by atoms with E-state index < -0.39 is 11.5 Å². The van der Waals surface area contributed by atoms with E-state index in [9.17, 15) is 14.3 Å². The number of hydrogen-bond donors (Lipinski definition) is 2. The van der Waals surface area contributed by atoms with Crippen molar-refractivity contribution in [3.8, 4) is 0 Å². The van der Waals surface area contributed by atoms with Crippen LogP contribution in [-0.4, -0.2) is 11.0 Å². The molecule has 1 amide bonds. The lowest BCUT2D eigenvalue weighted by molar-refractivity contribution is -0.137. The molecule has 0 heterocycles. The number of nitrogens with two attached hydrogens (primary N) is 1. The van der Waals surface area contributed by atoms with Crippen molar-refractivity contribution >= 4 is 5.91 Å². The van der Waals surface area contributed by atoms with Crippen LogP contribution in [0.15, 0.2) is 18.2 Å². The van der Waals surface area contributed by atoms with Crippen LogP contribution in [0.5, 0.6) is 0 Å². The molecule has 3 N–H and O–H groups in total. The first kappa shape index (κ1) is 9.15. The first-order valence-electron chi connectivity index (χ1n) is 4.35. The number of fused-ring (bicyclic) bond motifs is 1. The number of rotatable bonds is 1.